The Labute approximate surface area is 187 Å². The lowest BCUT2D eigenvalue weighted by Gasteiger charge is -2.19. The molecule has 0 atom stereocenters. The van der Waals surface area contributed by atoms with Gasteiger partial charge < -0.3 is 5.11 Å². The van der Waals surface area contributed by atoms with Crippen molar-refractivity contribution in [3.8, 4) is 0 Å². The summed E-state index contributed by atoms with van der Waals surface area (Å²) in [5.74, 6) is -0.470. The van der Waals surface area contributed by atoms with E-state index >= 15 is 0 Å². The summed E-state index contributed by atoms with van der Waals surface area (Å²) in [5, 5.41) is 17.2. The summed E-state index contributed by atoms with van der Waals surface area (Å²) >= 11 is 0. The highest BCUT2D eigenvalue weighted by atomic mass is 16.4. The fourth-order valence-electron chi connectivity index (χ4n) is 3.95. The number of hydrogen-bond donors (Lipinski definition) is 2. The number of carbonyl (C=O) groups is 1. The number of H-pyrrole nitrogens is 1. The number of benzene rings is 3. The van der Waals surface area contributed by atoms with Crippen LogP contribution in [-0.2, 0) is 4.79 Å². The van der Waals surface area contributed by atoms with Crippen molar-refractivity contribution >= 4 is 34.1 Å². The molecule has 0 aliphatic carbocycles. The lowest BCUT2D eigenvalue weighted by atomic mass is 9.85. The van der Waals surface area contributed by atoms with Crippen LogP contribution < -0.4 is 0 Å². The molecule has 0 aliphatic heterocycles. The molecule has 0 amide bonds. The number of carboxylic acid groups (broad SMARTS) is 1. The third-order valence-corrected chi connectivity index (χ3v) is 5.38. The third-order valence-electron chi connectivity index (χ3n) is 5.38. The summed E-state index contributed by atoms with van der Waals surface area (Å²) in [6, 6.07) is 25.0. The number of rotatable bonds is 7. The van der Waals surface area contributed by atoms with E-state index in [9.17, 15) is 4.79 Å². The van der Waals surface area contributed by atoms with Gasteiger partial charge in [-0.25, -0.2) is 4.79 Å². The van der Waals surface area contributed by atoms with Gasteiger partial charge in [0.15, 0.2) is 0 Å². The minimum atomic E-state index is -0.952. The highest BCUT2D eigenvalue weighted by molar-refractivity contribution is 6.00. The minimum Gasteiger partial charge on any atom is -0.478 e. The second-order valence-electron chi connectivity index (χ2n) is 8.28. The normalized spacial score (nSPS) is 12.5. The van der Waals surface area contributed by atoms with Crippen LogP contribution in [0.25, 0.3) is 28.1 Å². The first-order valence-corrected chi connectivity index (χ1v) is 10.7. The maximum atomic E-state index is 10.9. The predicted molar refractivity (Wildman–Crippen MR) is 131 cm³/mol. The van der Waals surface area contributed by atoms with Crippen LogP contribution in [0.15, 0.2) is 85.1 Å². The molecule has 0 aliphatic rings. The molecule has 3 aromatic carbocycles. The van der Waals surface area contributed by atoms with Gasteiger partial charge in [-0.15, -0.1) is 0 Å². The monoisotopic (exact) mass is 422 g/mol. The van der Waals surface area contributed by atoms with Crippen molar-refractivity contribution in [2.24, 2.45) is 5.92 Å². The van der Waals surface area contributed by atoms with Gasteiger partial charge in [-0.2, -0.15) is 5.10 Å². The molecule has 4 heteroatoms. The number of carboxylic acids is 1. The van der Waals surface area contributed by atoms with E-state index in [1.807, 2.05) is 24.4 Å². The van der Waals surface area contributed by atoms with Crippen LogP contribution in [0.2, 0.25) is 0 Å². The highest BCUT2D eigenvalue weighted by Gasteiger charge is 2.16. The molecule has 0 saturated carbocycles. The molecule has 0 fully saturated rings. The second-order valence-corrected chi connectivity index (χ2v) is 8.28. The van der Waals surface area contributed by atoms with Gasteiger partial charge in [-0.05, 0) is 63.9 Å². The molecule has 32 heavy (non-hydrogen) atoms. The minimum absolute atomic E-state index is 0.482. The molecule has 4 aromatic rings. The zero-order valence-electron chi connectivity index (χ0n) is 18.2. The van der Waals surface area contributed by atoms with Crippen LogP contribution in [0.5, 0.6) is 0 Å². The number of aliphatic carboxylic acids is 1. The summed E-state index contributed by atoms with van der Waals surface area (Å²) in [4.78, 5) is 10.9. The number of allylic oxidation sites excluding steroid dienone is 1. The molecule has 1 heterocycles. The highest BCUT2D eigenvalue weighted by Crippen LogP contribution is 2.37. The molecule has 160 valence electrons. The lowest BCUT2D eigenvalue weighted by molar-refractivity contribution is -0.131. The number of aromatic amines is 1. The maximum Gasteiger partial charge on any atom is 0.328 e. The fraction of sp³-hybridized carbons (Fsp3) is 0.143. The van der Waals surface area contributed by atoms with Crippen LogP contribution >= 0.6 is 0 Å². The zero-order chi connectivity index (χ0) is 22.5. The Kier molecular flexibility index (Phi) is 6.31. The van der Waals surface area contributed by atoms with Gasteiger partial charge >= 0.3 is 5.97 Å². The molecule has 0 radical (unpaired) electrons. The van der Waals surface area contributed by atoms with E-state index in [2.05, 4.69) is 78.6 Å². The Morgan fingerprint density at radius 3 is 2.38 bits per heavy atom. The van der Waals surface area contributed by atoms with E-state index in [0.717, 1.165) is 40.1 Å². The van der Waals surface area contributed by atoms with E-state index in [-0.39, 0.29) is 0 Å². The molecule has 4 rings (SSSR count). The van der Waals surface area contributed by atoms with E-state index in [1.165, 1.54) is 16.7 Å². The molecular formula is C28H26N2O2. The quantitative estimate of drug-likeness (QED) is 0.258. The third kappa shape index (κ3) is 4.86. The van der Waals surface area contributed by atoms with Crippen molar-refractivity contribution in [2.75, 3.05) is 0 Å². The van der Waals surface area contributed by atoms with Crippen LogP contribution in [0.3, 0.4) is 0 Å². The number of nitrogens with one attached hydrogen (secondary N) is 1. The second kappa shape index (κ2) is 9.48. The van der Waals surface area contributed by atoms with Gasteiger partial charge in [0, 0.05) is 11.5 Å². The maximum absolute atomic E-state index is 10.9. The van der Waals surface area contributed by atoms with Crippen LogP contribution in [0.1, 0.15) is 42.5 Å². The number of hydrogen-bond acceptors (Lipinski definition) is 2. The SMILES string of the molecule is CC(C)C/C(=C(/c1ccc(C=CC(=O)O)cc1)c1ccc2[nH]ncc2c1)c1ccccc1. The van der Waals surface area contributed by atoms with Crippen molar-refractivity contribution in [1.82, 2.24) is 10.2 Å². The average molecular weight is 423 g/mol. The van der Waals surface area contributed by atoms with Crippen molar-refractivity contribution in [2.45, 2.75) is 20.3 Å². The van der Waals surface area contributed by atoms with Crippen molar-refractivity contribution in [3.63, 3.8) is 0 Å². The Balaban J connectivity index is 1.93. The Morgan fingerprint density at radius 2 is 1.69 bits per heavy atom. The summed E-state index contributed by atoms with van der Waals surface area (Å²) < 4.78 is 0. The standard InChI is InChI=1S/C28H26N2O2/c1-19(2)16-25(21-6-4-3-5-7-21)28(23-13-14-26-24(17-23)18-29-30-26)22-11-8-20(9-12-22)10-15-27(31)32/h3-15,17-19H,16H2,1-2H3,(H,29,30)(H,31,32)/b15-10?,28-25+. The number of aromatic nitrogens is 2. The zero-order valence-corrected chi connectivity index (χ0v) is 18.2. The van der Waals surface area contributed by atoms with Gasteiger partial charge in [0.05, 0.1) is 11.7 Å². The van der Waals surface area contributed by atoms with E-state index in [1.54, 1.807) is 6.08 Å². The van der Waals surface area contributed by atoms with Crippen molar-refractivity contribution in [3.05, 3.63) is 107 Å². The first-order chi connectivity index (χ1) is 15.5. The summed E-state index contributed by atoms with van der Waals surface area (Å²) in [7, 11) is 0. The predicted octanol–water partition coefficient (Wildman–Crippen LogP) is 6.67. The lowest BCUT2D eigenvalue weighted by Crippen LogP contribution is -1.99. The van der Waals surface area contributed by atoms with Gasteiger partial charge in [-0.1, -0.05) is 74.5 Å². The van der Waals surface area contributed by atoms with Gasteiger partial charge in [-0.3, -0.25) is 5.10 Å². The molecule has 1 aromatic heterocycles. The molecule has 2 N–H and O–H groups in total. The molecule has 0 unspecified atom stereocenters. The smallest absolute Gasteiger partial charge is 0.328 e. The Bertz CT molecular complexity index is 1280. The van der Waals surface area contributed by atoms with Gasteiger partial charge in [0.25, 0.3) is 0 Å². The van der Waals surface area contributed by atoms with E-state index < -0.39 is 5.97 Å². The Hall–Kier alpha value is -3.92. The Morgan fingerprint density at radius 1 is 0.969 bits per heavy atom. The van der Waals surface area contributed by atoms with Crippen LogP contribution in [-0.4, -0.2) is 21.3 Å². The summed E-state index contributed by atoms with van der Waals surface area (Å²) in [6.07, 6.45) is 5.55. The summed E-state index contributed by atoms with van der Waals surface area (Å²) in [6.45, 7) is 4.47. The van der Waals surface area contributed by atoms with E-state index in [4.69, 9.17) is 5.11 Å². The average Bonchev–Trinajstić information content (AvgIpc) is 3.26. The topological polar surface area (TPSA) is 66.0 Å². The molecule has 0 spiro atoms. The fourth-order valence-corrected chi connectivity index (χ4v) is 3.95. The molecule has 0 bridgehead atoms. The largest absolute Gasteiger partial charge is 0.478 e. The number of nitrogens with zero attached hydrogens (tertiary/aromatic N) is 1. The molecule has 4 nitrogen and oxygen atoms in total. The first kappa shape index (κ1) is 21.3. The molecular weight excluding hydrogens is 396 g/mol. The van der Waals surface area contributed by atoms with Crippen LogP contribution in [0.4, 0.5) is 0 Å². The van der Waals surface area contributed by atoms with E-state index in [0.29, 0.717) is 5.92 Å². The van der Waals surface area contributed by atoms with Gasteiger partial charge in [0.1, 0.15) is 0 Å². The van der Waals surface area contributed by atoms with Gasteiger partial charge in [0.2, 0.25) is 0 Å². The van der Waals surface area contributed by atoms with Crippen molar-refractivity contribution in [1.29, 1.82) is 0 Å². The van der Waals surface area contributed by atoms with Crippen LogP contribution in [0, 0.1) is 5.92 Å². The first-order valence-electron chi connectivity index (χ1n) is 10.7. The molecule has 0 saturated heterocycles. The number of fused-ring (bicyclic) bond motifs is 1. The van der Waals surface area contributed by atoms with Crippen molar-refractivity contribution < 1.29 is 9.90 Å². The summed E-state index contributed by atoms with van der Waals surface area (Å²) in [5.41, 5.74) is 7.77.